The lowest BCUT2D eigenvalue weighted by Gasteiger charge is -2.07. The first-order valence-electron chi connectivity index (χ1n) is 8.61. The highest BCUT2D eigenvalue weighted by Gasteiger charge is 2.15. The van der Waals surface area contributed by atoms with Crippen LogP contribution in [0.1, 0.15) is 29.5 Å². The second-order valence-electron chi connectivity index (χ2n) is 6.17. The van der Waals surface area contributed by atoms with Gasteiger partial charge in [0.1, 0.15) is 5.75 Å². The zero-order valence-corrected chi connectivity index (χ0v) is 16.8. The van der Waals surface area contributed by atoms with Crippen molar-refractivity contribution in [1.82, 2.24) is 5.43 Å². The van der Waals surface area contributed by atoms with Gasteiger partial charge in [-0.3, -0.25) is 4.79 Å². The summed E-state index contributed by atoms with van der Waals surface area (Å²) < 4.78 is 16.7. The Morgan fingerprint density at radius 2 is 2.07 bits per heavy atom. The van der Waals surface area contributed by atoms with Gasteiger partial charge < -0.3 is 14.2 Å². The monoisotopic (exact) mass is 432 g/mol. The number of aryl methyl sites for hydroxylation is 2. The average molecular weight is 433 g/mol. The molecule has 2 aromatic carbocycles. The molecule has 1 aliphatic rings. The lowest BCUT2D eigenvalue weighted by molar-refractivity contribution is -0.121. The molecule has 0 aliphatic carbocycles. The van der Waals surface area contributed by atoms with Crippen molar-refractivity contribution in [2.24, 2.45) is 5.10 Å². The van der Waals surface area contributed by atoms with E-state index in [1.807, 2.05) is 37.3 Å². The smallest absolute Gasteiger partial charge is 0.240 e. The van der Waals surface area contributed by atoms with Crippen molar-refractivity contribution in [2.45, 2.75) is 26.2 Å². The minimum Gasteiger partial charge on any atom is -0.497 e. The van der Waals surface area contributed by atoms with Crippen molar-refractivity contribution in [3.63, 3.8) is 0 Å². The number of halogens is 1. The van der Waals surface area contributed by atoms with Crippen LogP contribution in [0.4, 0.5) is 0 Å². The van der Waals surface area contributed by atoms with Crippen molar-refractivity contribution >= 4 is 28.1 Å². The van der Waals surface area contributed by atoms with Crippen molar-refractivity contribution in [3.05, 3.63) is 51.5 Å². The molecule has 7 heteroatoms. The Bertz CT molecular complexity index is 867. The van der Waals surface area contributed by atoms with Gasteiger partial charge in [0.2, 0.25) is 12.7 Å². The molecule has 0 spiro atoms. The third-order valence-electron chi connectivity index (χ3n) is 4.28. The molecular weight excluding hydrogens is 412 g/mol. The van der Waals surface area contributed by atoms with Gasteiger partial charge in [-0.15, -0.1) is 0 Å². The van der Waals surface area contributed by atoms with E-state index in [4.69, 9.17) is 14.2 Å². The van der Waals surface area contributed by atoms with E-state index in [1.54, 1.807) is 13.3 Å². The van der Waals surface area contributed by atoms with Crippen LogP contribution in [0.15, 0.2) is 39.9 Å². The zero-order valence-electron chi connectivity index (χ0n) is 15.3. The Hall–Kier alpha value is -2.54. The highest BCUT2D eigenvalue weighted by molar-refractivity contribution is 9.10. The zero-order chi connectivity index (χ0) is 19.2. The van der Waals surface area contributed by atoms with Crippen LogP contribution in [-0.4, -0.2) is 26.0 Å². The molecule has 3 rings (SSSR count). The summed E-state index contributed by atoms with van der Waals surface area (Å²) in [5, 5.41) is 4.03. The number of amides is 1. The Kier molecular flexibility index (Phi) is 6.34. The highest BCUT2D eigenvalue weighted by atomic mass is 79.9. The second kappa shape index (κ2) is 8.90. The van der Waals surface area contributed by atoms with Crippen LogP contribution in [0.5, 0.6) is 17.2 Å². The minimum atomic E-state index is -0.116. The summed E-state index contributed by atoms with van der Waals surface area (Å²) in [5.41, 5.74) is 5.75. The maximum absolute atomic E-state index is 12.0. The van der Waals surface area contributed by atoms with Crippen molar-refractivity contribution in [3.8, 4) is 17.2 Å². The molecule has 142 valence electrons. The summed E-state index contributed by atoms with van der Waals surface area (Å²) in [4.78, 5) is 12.0. The van der Waals surface area contributed by atoms with Gasteiger partial charge in [-0.2, -0.15) is 5.10 Å². The summed E-state index contributed by atoms with van der Waals surface area (Å²) >= 11 is 3.45. The normalized spacial score (nSPS) is 12.4. The largest absolute Gasteiger partial charge is 0.497 e. The molecule has 6 nitrogen and oxygen atoms in total. The number of nitrogens with zero attached hydrogens (tertiary/aromatic N) is 1. The van der Waals surface area contributed by atoms with Crippen LogP contribution in [0.25, 0.3) is 0 Å². The number of carbonyl (C=O) groups is 1. The van der Waals surface area contributed by atoms with E-state index in [2.05, 4.69) is 26.5 Å². The summed E-state index contributed by atoms with van der Waals surface area (Å²) in [7, 11) is 1.65. The molecule has 2 aromatic rings. The van der Waals surface area contributed by atoms with E-state index in [0.717, 1.165) is 28.6 Å². The number of hydrogen-bond donors (Lipinski definition) is 1. The van der Waals surface area contributed by atoms with E-state index in [1.165, 1.54) is 11.1 Å². The topological polar surface area (TPSA) is 69.2 Å². The van der Waals surface area contributed by atoms with E-state index >= 15 is 0 Å². The number of ether oxygens (including phenoxy) is 3. The lowest BCUT2D eigenvalue weighted by atomic mass is 10.0. The van der Waals surface area contributed by atoms with Gasteiger partial charge in [0, 0.05) is 16.5 Å². The molecule has 1 N–H and O–H groups in total. The van der Waals surface area contributed by atoms with E-state index < -0.39 is 0 Å². The summed E-state index contributed by atoms with van der Waals surface area (Å²) in [6, 6.07) is 9.62. The molecule has 27 heavy (non-hydrogen) atoms. The van der Waals surface area contributed by atoms with Crippen LogP contribution >= 0.6 is 15.9 Å². The standard InChI is InChI=1S/C20H21BrN2O4/c1-13-8-16(25-2)7-6-14(13)4-3-5-20(24)23-22-11-15-9-18-19(10-17(15)21)27-12-26-18/h6-11H,3-5,12H2,1-2H3,(H,23,24)/b22-11-. The molecule has 0 unspecified atom stereocenters. The van der Waals surface area contributed by atoms with Crippen molar-refractivity contribution in [1.29, 1.82) is 0 Å². The molecule has 0 atom stereocenters. The van der Waals surface area contributed by atoms with Gasteiger partial charge in [-0.05, 0) is 71.1 Å². The molecule has 1 heterocycles. The van der Waals surface area contributed by atoms with Crippen LogP contribution in [0, 0.1) is 6.92 Å². The minimum absolute atomic E-state index is 0.116. The van der Waals surface area contributed by atoms with Gasteiger partial charge in [0.05, 0.1) is 13.3 Å². The maximum Gasteiger partial charge on any atom is 0.240 e. The SMILES string of the molecule is COc1ccc(CCCC(=O)N/N=C\c2cc3c(cc2Br)OCO3)c(C)c1. The fraction of sp³-hybridized carbons (Fsp3) is 0.300. The van der Waals surface area contributed by atoms with E-state index in [-0.39, 0.29) is 12.7 Å². The van der Waals surface area contributed by atoms with Crippen molar-refractivity contribution in [2.75, 3.05) is 13.9 Å². The first kappa shape index (κ1) is 19.2. The van der Waals surface area contributed by atoms with Gasteiger partial charge in [-0.25, -0.2) is 5.43 Å². The quantitative estimate of drug-likeness (QED) is 0.530. The number of carbonyl (C=O) groups excluding carboxylic acids is 1. The molecule has 0 saturated carbocycles. The number of nitrogens with one attached hydrogen (secondary N) is 1. The first-order chi connectivity index (χ1) is 13.1. The van der Waals surface area contributed by atoms with E-state index in [9.17, 15) is 4.79 Å². The number of fused-ring (bicyclic) bond motifs is 1. The molecule has 0 saturated heterocycles. The van der Waals surface area contributed by atoms with E-state index in [0.29, 0.717) is 17.9 Å². The third kappa shape index (κ3) is 5.01. The predicted octanol–water partition coefficient (Wildman–Crippen LogP) is 3.97. The number of methoxy groups -OCH3 is 1. The van der Waals surface area contributed by atoms with Crippen LogP contribution < -0.4 is 19.6 Å². The van der Waals surface area contributed by atoms with Gasteiger partial charge in [0.25, 0.3) is 0 Å². The predicted molar refractivity (Wildman–Crippen MR) is 107 cm³/mol. The van der Waals surface area contributed by atoms with Crippen LogP contribution in [0.2, 0.25) is 0 Å². The Balaban J connectivity index is 1.47. The fourth-order valence-corrected chi connectivity index (χ4v) is 3.20. The Morgan fingerprint density at radius 3 is 2.81 bits per heavy atom. The lowest BCUT2D eigenvalue weighted by Crippen LogP contribution is -2.17. The molecule has 0 bridgehead atoms. The summed E-state index contributed by atoms with van der Waals surface area (Å²) in [6.45, 7) is 2.26. The fourth-order valence-electron chi connectivity index (χ4n) is 2.78. The van der Waals surface area contributed by atoms with Crippen LogP contribution in [0.3, 0.4) is 0 Å². The molecule has 0 radical (unpaired) electrons. The molecule has 1 aliphatic heterocycles. The Morgan fingerprint density at radius 1 is 1.30 bits per heavy atom. The number of hydrazone groups is 1. The van der Waals surface area contributed by atoms with Crippen molar-refractivity contribution < 1.29 is 19.0 Å². The Labute approximate surface area is 166 Å². The molecule has 0 aromatic heterocycles. The van der Waals surface area contributed by atoms with Gasteiger partial charge >= 0.3 is 0 Å². The number of rotatable bonds is 7. The summed E-state index contributed by atoms with van der Waals surface area (Å²) in [6.07, 6.45) is 3.57. The average Bonchev–Trinajstić information content (AvgIpc) is 3.10. The third-order valence-corrected chi connectivity index (χ3v) is 4.97. The molecule has 1 amide bonds. The summed E-state index contributed by atoms with van der Waals surface area (Å²) in [5.74, 6) is 2.09. The molecule has 0 fully saturated rings. The number of hydrogen-bond acceptors (Lipinski definition) is 5. The maximum atomic E-state index is 12.0. The first-order valence-corrected chi connectivity index (χ1v) is 9.40. The molecular formula is C20H21BrN2O4. The number of benzene rings is 2. The highest BCUT2D eigenvalue weighted by Crippen LogP contribution is 2.36. The van der Waals surface area contributed by atoms with Gasteiger partial charge in [-0.1, -0.05) is 6.07 Å². The van der Waals surface area contributed by atoms with Crippen LogP contribution in [-0.2, 0) is 11.2 Å². The second-order valence-corrected chi connectivity index (χ2v) is 7.02. The van der Waals surface area contributed by atoms with Gasteiger partial charge in [0.15, 0.2) is 11.5 Å².